The van der Waals surface area contributed by atoms with Crippen LogP contribution in [0.2, 0.25) is 5.15 Å². The molecule has 0 spiro atoms. The van der Waals surface area contributed by atoms with Gasteiger partial charge in [0.1, 0.15) is 6.07 Å². The molecule has 50 valence electrons. The van der Waals surface area contributed by atoms with E-state index in [9.17, 15) is 0 Å². The smallest absolute Gasteiger partial charge is 0.191 e. The number of nitrogens with zero attached hydrogens (tertiary/aromatic N) is 2. The Bertz CT molecular complexity index is 265. The van der Waals surface area contributed by atoms with Gasteiger partial charge in [0.05, 0.1) is 0 Å². The molecule has 0 fully saturated rings. The van der Waals surface area contributed by atoms with Gasteiger partial charge in [-0.05, 0) is 17.7 Å². The van der Waals surface area contributed by atoms with Crippen LogP contribution in [0, 0.1) is 11.3 Å². The molecule has 1 heterocycles. The molecular formula is C7H6ClN2+. The number of aromatic nitrogens is 1. The summed E-state index contributed by atoms with van der Waals surface area (Å²) < 4.78 is 1.67. The number of nitriles is 1. The lowest BCUT2D eigenvalue weighted by molar-refractivity contribution is -0.682. The van der Waals surface area contributed by atoms with E-state index >= 15 is 0 Å². The predicted molar refractivity (Wildman–Crippen MR) is 37.3 cm³/mol. The standard InChI is InChI=1S/C7H6ClN2/c8-7-3-1-2-5-10(7)6-4-9/h1-3,5H,6H2/q+1. The molecule has 3 heteroatoms. The quantitative estimate of drug-likeness (QED) is 0.440. The molecule has 0 atom stereocenters. The molecule has 0 aromatic carbocycles. The van der Waals surface area contributed by atoms with Crippen LogP contribution >= 0.6 is 11.6 Å². The van der Waals surface area contributed by atoms with Gasteiger partial charge < -0.3 is 0 Å². The second-order valence-electron chi connectivity index (χ2n) is 1.81. The van der Waals surface area contributed by atoms with E-state index in [4.69, 9.17) is 16.9 Å². The summed E-state index contributed by atoms with van der Waals surface area (Å²) in [6.07, 6.45) is 1.77. The molecule has 0 radical (unpaired) electrons. The molecule has 0 aliphatic rings. The summed E-state index contributed by atoms with van der Waals surface area (Å²) in [6.45, 7) is 0.305. The van der Waals surface area contributed by atoms with Crippen molar-refractivity contribution in [2.75, 3.05) is 0 Å². The molecule has 0 aliphatic carbocycles. The lowest BCUT2D eigenvalue weighted by Crippen LogP contribution is -2.33. The number of rotatable bonds is 1. The van der Waals surface area contributed by atoms with Crippen LogP contribution in [-0.4, -0.2) is 0 Å². The SMILES string of the molecule is N#CC[n+]1ccccc1Cl. The summed E-state index contributed by atoms with van der Waals surface area (Å²) in [5.41, 5.74) is 0. The van der Waals surface area contributed by atoms with Gasteiger partial charge in [-0.15, -0.1) is 0 Å². The fourth-order valence-electron chi connectivity index (χ4n) is 0.660. The van der Waals surface area contributed by atoms with Gasteiger partial charge in [0.25, 0.3) is 5.15 Å². The van der Waals surface area contributed by atoms with E-state index in [1.807, 2.05) is 18.2 Å². The number of hydrogen-bond acceptors (Lipinski definition) is 1. The highest BCUT2D eigenvalue weighted by atomic mass is 35.5. The molecule has 0 amide bonds. The summed E-state index contributed by atoms with van der Waals surface area (Å²) in [5, 5.41) is 8.90. The Kier molecular flexibility index (Phi) is 2.24. The topological polar surface area (TPSA) is 27.7 Å². The molecule has 0 bridgehead atoms. The molecule has 0 N–H and O–H groups in total. The summed E-state index contributed by atoms with van der Waals surface area (Å²) >= 11 is 5.71. The molecule has 1 aromatic heterocycles. The fourth-order valence-corrected chi connectivity index (χ4v) is 0.849. The van der Waals surface area contributed by atoms with Crippen LogP contribution in [0.15, 0.2) is 24.4 Å². The maximum Gasteiger partial charge on any atom is 0.275 e. The van der Waals surface area contributed by atoms with E-state index in [2.05, 4.69) is 0 Å². The van der Waals surface area contributed by atoms with Crippen LogP contribution in [0.4, 0.5) is 0 Å². The second kappa shape index (κ2) is 3.19. The minimum atomic E-state index is 0.305. The summed E-state index contributed by atoms with van der Waals surface area (Å²) in [5.74, 6) is 0. The van der Waals surface area contributed by atoms with Gasteiger partial charge in [0, 0.05) is 12.1 Å². The van der Waals surface area contributed by atoms with Gasteiger partial charge in [0.2, 0.25) is 6.54 Å². The van der Waals surface area contributed by atoms with E-state index in [1.165, 1.54) is 0 Å². The largest absolute Gasteiger partial charge is 0.275 e. The first-order chi connectivity index (χ1) is 4.84. The van der Waals surface area contributed by atoms with E-state index < -0.39 is 0 Å². The molecule has 10 heavy (non-hydrogen) atoms. The Balaban J connectivity index is 2.94. The van der Waals surface area contributed by atoms with Gasteiger partial charge in [-0.1, -0.05) is 0 Å². The van der Waals surface area contributed by atoms with Crippen LogP contribution in [0.5, 0.6) is 0 Å². The second-order valence-corrected chi connectivity index (χ2v) is 2.20. The Hall–Kier alpha value is -1.07. The van der Waals surface area contributed by atoms with Crippen molar-refractivity contribution in [2.45, 2.75) is 6.54 Å². The predicted octanol–water partition coefficient (Wildman–Crippen LogP) is 1.15. The van der Waals surface area contributed by atoms with Crippen LogP contribution in [0.25, 0.3) is 0 Å². The zero-order valence-electron chi connectivity index (χ0n) is 5.29. The van der Waals surface area contributed by atoms with E-state index in [1.54, 1.807) is 16.8 Å². The highest BCUT2D eigenvalue weighted by Gasteiger charge is 2.02. The molecule has 0 saturated heterocycles. The minimum Gasteiger partial charge on any atom is -0.191 e. The zero-order chi connectivity index (χ0) is 7.40. The Morgan fingerprint density at radius 3 is 3.00 bits per heavy atom. The van der Waals surface area contributed by atoms with Crippen molar-refractivity contribution in [3.63, 3.8) is 0 Å². The van der Waals surface area contributed by atoms with Crippen molar-refractivity contribution < 1.29 is 4.57 Å². The highest BCUT2D eigenvalue weighted by molar-refractivity contribution is 6.28. The lowest BCUT2D eigenvalue weighted by atomic mass is 10.5. The molecule has 1 rings (SSSR count). The van der Waals surface area contributed by atoms with Crippen LogP contribution in [0.1, 0.15) is 0 Å². The molecule has 1 aromatic rings. The maximum absolute atomic E-state index is 8.31. The third kappa shape index (κ3) is 1.46. The third-order valence-corrected chi connectivity index (χ3v) is 1.47. The van der Waals surface area contributed by atoms with Gasteiger partial charge in [-0.2, -0.15) is 9.83 Å². The van der Waals surface area contributed by atoms with Crippen molar-refractivity contribution in [2.24, 2.45) is 0 Å². The van der Waals surface area contributed by atoms with Gasteiger partial charge in [-0.25, -0.2) is 0 Å². The summed E-state index contributed by atoms with van der Waals surface area (Å²) in [7, 11) is 0. The van der Waals surface area contributed by atoms with Crippen LogP contribution in [-0.2, 0) is 6.54 Å². The monoisotopic (exact) mass is 153 g/mol. The van der Waals surface area contributed by atoms with Crippen molar-refractivity contribution in [1.29, 1.82) is 5.26 Å². The Morgan fingerprint density at radius 1 is 1.60 bits per heavy atom. The summed E-state index contributed by atoms with van der Waals surface area (Å²) in [4.78, 5) is 0. The molecule has 0 unspecified atom stereocenters. The number of halogens is 1. The van der Waals surface area contributed by atoms with Gasteiger partial charge >= 0.3 is 0 Å². The first kappa shape index (κ1) is 7.04. The highest BCUT2D eigenvalue weighted by Crippen LogP contribution is 1.97. The normalized spacial score (nSPS) is 8.80. The average molecular weight is 154 g/mol. The minimum absolute atomic E-state index is 0.305. The van der Waals surface area contributed by atoms with Gasteiger partial charge in [-0.3, -0.25) is 0 Å². The first-order valence-electron chi connectivity index (χ1n) is 2.85. The first-order valence-corrected chi connectivity index (χ1v) is 3.23. The van der Waals surface area contributed by atoms with Crippen molar-refractivity contribution in [3.05, 3.63) is 29.5 Å². The Labute approximate surface area is 64.3 Å². The zero-order valence-corrected chi connectivity index (χ0v) is 6.04. The Morgan fingerprint density at radius 2 is 2.40 bits per heavy atom. The number of hydrogen-bond donors (Lipinski definition) is 0. The van der Waals surface area contributed by atoms with E-state index in [0.29, 0.717) is 11.7 Å². The van der Waals surface area contributed by atoms with Crippen molar-refractivity contribution in [3.8, 4) is 6.07 Å². The molecular weight excluding hydrogens is 148 g/mol. The van der Waals surface area contributed by atoms with Gasteiger partial charge in [0.15, 0.2) is 6.20 Å². The lowest BCUT2D eigenvalue weighted by Gasteiger charge is -1.88. The van der Waals surface area contributed by atoms with Crippen molar-refractivity contribution >= 4 is 11.6 Å². The van der Waals surface area contributed by atoms with Crippen molar-refractivity contribution in [1.82, 2.24) is 0 Å². The molecule has 0 saturated carbocycles. The maximum atomic E-state index is 8.31. The van der Waals surface area contributed by atoms with Crippen LogP contribution < -0.4 is 4.57 Å². The fraction of sp³-hybridized carbons (Fsp3) is 0.143. The van der Waals surface area contributed by atoms with Crippen LogP contribution in [0.3, 0.4) is 0 Å². The van der Waals surface area contributed by atoms with E-state index in [-0.39, 0.29) is 0 Å². The average Bonchev–Trinajstić information content (AvgIpc) is 1.94. The van der Waals surface area contributed by atoms with E-state index in [0.717, 1.165) is 0 Å². The number of pyridine rings is 1. The molecule has 2 nitrogen and oxygen atoms in total. The molecule has 0 aliphatic heterocycles. The summed E-state index contributed by atoms with van der Waals surface area (Å²) in [6, 6.07) is 7.42. The third-order valence-electron chi connectivity index (χ3n) is 1.13.